The number of likely N-dealkylation sites (N-methyl/N-ethyl adjacent to an activating group) is 2. The SMILES string of the molecule is CNC1(C=O)Oc2c3c(Nc4ncc(F)c(Nc5cccc(O)c5)n4)cc1c2C(C=O)(NC)O3. The highest BCUT2D eigenvalue weighted by molar-refractivity contribution is 5.87. The molecular weight excluding hydrogens is 447 g/mol. The summed E-state index contributed by atoms with van der Waals surface area (Å²) >= 11 is 0. The molecule has 5 rings (SSSR count). The number of aromatic nitrogens is 2. The maximum Gasteiger partial charge on any atom is 0.247 e. The van der Waals surface area contributed by atoms with E-state index in [1.54, 1.807) is 32.3 Å². The van der Waals surface area contributed by atoms with E-state index in [1.807, 2.05) is 0 Å². The van der Waals surface area contributed by atoms with Crippen molar-refractivity contribution in [2.45, 2.75) is 11.4 Å². The minimum Gasteiger partial charge on any atom is -0.508 e. The Morgan fingerprint density at radius 1 is 1.03 bits per heavy atom. The molecule has 0 saturated heterocycles. The molecule has 12 heteroatoms. The first-order chi connectivity index (χ1) is 16.4. The maximum absolute atomic E-state index is 14.4. The predicted octanol–water partition coefficient (Wildman–Crippen LogP) is 1.74. The summed E-state index contributed by atoms with van der Waals surface area (Å²) in [5.41, 5.74) is -1.58. The van der Waals surface area contributed by atoms with Crippen LogP contribution < -0.4 is 30.7 Å². The summed E-state index contributed by atoms with van der Waals surface area (Å²) in [6.45, 7) is 0. The number of halogens is 1. The van der Waals surface area contributed by atoms with E-state index in [4.69, 9.17) is 9.47 Å². The average Bonchev–Trinajstić information content (AvgIpc) is 3.23. The van der Waals surface area contributed by atoms with Crippen LogP contribution in [0.1, 0.15) is 11.1 Å². The molecule has 174 valence electrons. The minimum absolute atomic E-state index is 0.00271. The van der Waals surface area contributed by atoms with Crippen molar-refractivity contribution in [3.63, 3.8) is 0 Å². The molecule has 2 atom stereocenters. The quantitative estimate of drug-likeness (QED) is 0.309. The highest BCUT2D eigenvalue weighted by Gasteiger charge is 2.57. The average molecular weight is 466 g/mol. The molecule has 2 unspecified atom stereocenters. The second-order valence-corrected chi connectivity index (χ2v) is 7.61. The first-order valence-electron chi connectivity index (χ1n) is 10.1. The lowest BCUT2D eigenvalue weighted by Crippen LogP contribution is -2.48. The Kier molecular flexibility index (Phi) is 4.84. The first kappa shape index (κ1) is 21.6. The third-order valence-electron chi connectivity index (χ3n) is 5.71. The number of benzene rings is 2. The Morgan fingerprint density at radius 3 is 2.44 bits per heavy atom. The molecule has 5 N–H and O–H groups in total. The summed E-state index contributed by atoms with van der Waals surface area (Å²) in [5.74, 6) is -0.478. The molecule has 0 radical (unpaired) electrons. The largest absolute Gasteiger partial charge is 0.508 e. The molecule has 2 aliphatic heterocycles. The van der Waals surface area contributed by atoms with Crippen LogP contribution in [0.15, 0.2) is 36.5 Å². The smallest absolute Gasteiger partial charge is 0.247 e. The third-order valence-corrected chi connectivity index (χ3v) is 5.71. The lowest BCUT2D eigenvalue weighted by atomic mass is 9.94. The van der Waals surface area contributed by atoms with Crippen LogP contribution in [0.3, 0.4) is 0 Å². The summed E-state index contributed by atoms with van der Waals surface area (Å²) in [7, 11) is 3.09. The second kappa shape index (κ2) is 7.64. The lowest BCUT2D eigenvalue weighted by Gasteiger charge is -2.26. The molecule has 2 aliphatic rings. The van der Waals surface area contributed by atoms with Crippen molar-refractivity contribution >= 4 is 35.7 Å². The molecule has 0 saturated carbocycles. The van der Waals surface area contributed by atoms with E-state index < -0.39 is 17.3 Å². The molecule has 3 heterocycles. The van der Waals surface area contributed by atoms with Gasteiger partial charge in [-0.25, -0.2) is 9.37 Å². The van der Waals surface area contributed by atoms with E-state index in [1.165, 1.54) is 12.1 Å². The normalized spacial score (nSPS) is 21.5. The molecule has 11 nitrogen and oxygen atoms in total. The van der Waals surface area contributed by atoms with Gasteiger partial charge < -0.3 is 25.2 Å². The Bertz CT molecular complexity index is 1340. The van der Waals surface area contributed by atoms with Crippen molar-refractivity contribution in [3.8, 4) is 17.2 Å². The summed E-state index contributed by atoms with van der Waals surface area (Å²) in [5, 5.41) is 21.0. The van der Waals surface area contributed by atoms with Gasteiger partial charge in [-0.3, -0.25) is 20.2 Å². The summed E-state index contributed by atoms with van der Waals surface area (Å²) in [4.78, 5) is 32.1. The number of ether oxygens (including phenoxy) is 2. The van der Waals surface area contributed by atoms with E-state index in [0.29, 0.717) is 35.1 Å². The molecule has 0 aliphatic carbocycles. The fourth-order valence-corrected chi connectivity index (χ4v) is 4.03. The Hall–Kier alpha value is -4.29. The lowest BCUT2D eigenvalue weighted by molar-refractivity contribution is -0.126. The number of carbonyl (C=O) groups is 2. The van der Waals surface area contributed by atoms with Crippen LogP contribution in [0, 0.1) is 5.82 Å². The number of nitrogens with zero attached hydrogens (tertiary/aromatic N) is 2. The van der Waals surface area contributed by atoms with Crippen molar-refractivity contribution < 1.29 is 28.6 Å². The molecule has 1 aromatic heterocycles. The number of aldehydes is 2. The second-order valence-electron chi connectivity index (χ2n) is 7.61. The van der Waals surface area contributed by atoms with Crippen molar-refractivity contribution in [1.29, 1.82) is 0 Å². The van der Waals surface area contributed by atoms with E-state index in [-0.39, 0.29) is 29.0 Å². The number of anilines is 4. The van der Waals surface area contributed by atoms with Gasteiger partial charge in [-0.15, -0.1) is 0 Å². The molecule has 2 aromatic carbocycles. The summed E-state index contributed by atoms with van der Waals surface area (Å²) in [6.07, 6.45) is 2.14. The van der Waals surface area contributed by atoms with E-state index in [0.717, 1.165) is 6.20 Å². The standard InChI is InChI=1S/C22H19FN6O5/c1-24-21(9-30)13-7-15(17-18(34-21)16(13)22(10-31,25-2)33-17)28-20-26-8-14(23)19(29-20)27-11-4-3-5-12(32)6-11/h3-10,24-25,32H,1-2H3,(H2,26,27,28,29). The Morgan fingerprint density at radius 2 is 1.76 bits per heavy atom. The van der Waals surface area contributed by atoms with Crippen LogP contribution in [-0.2, 0) is 21.0 Å². The molecule has 4 bridgehead atoms. The zero-order valence-corrected chi connectivity index (χ0v) is 18.0. The van der Waals surface area contributed by atoms with Gasteiger partial charge in [0.1, 0.15) is 5.75 Å². The van der Waals surface area contributed by atoms with E-state index >= 15 is 0 Å². The highest BCUT2D eigenvalue weighted by atomic mass is 19.1. The van der Waals surface area contributed by atoms with Crippen LogP contribution in [0.2, 0.25) is 0 Å². The first-order valence-corrected chi connectivity index (χ1v) is 10.1. The van der Waals surface area contributed by atoms with Crippen LogP contribution >= 0.6 is 0 Å². The molecular formula is C22H19FN6O5. The van der Waals surface area contributed by atoms with Gasteiger partial charge in [0, 0.05) is 17.3 Å². The summed E-state index contributed by atoms with van der Waals surface area (Å²) in [6, 6.07) is 7.71. The number of nitrogens with one attached hydrogen (secondary N) is 4. The third kappa shape index (κ3) is 3.03. The molecule has 3 aromatic rings. The van der Waals surface area contributed by atoms with Gasteiger partial charge in [-0.2, -0.15) is 4.98 Å². The Balaban J connectivity index is 1.54. The van der Waals surface area contributed by atoms with Crippen molar-refractivity contribution in [1.82, 2.24) is 20.6 Å². The number of rotatable bonds is 8. The number of carbonyl (C=O) groups excluding carboxylic acids is 2. The number of aromatic hydroxyl groups is 1. The van der Waals surface area contributed by atoms with Gasteiger partial charge >= 0.3 is 0 Å². The van der Waals surface area contributed by atoms with Gasteiger partial charge in [0.15, 0.2) is 35.7 Å². The number of hydrogen-bond donors (Lipinski definition) is 5. The van der Waals surface area contributed by atoms with Crippen LogP contribution in [-0.4, -0.2) is 41.7 Å². The fraction of sp³-hybridized carbons (Fsp3) is 0.182. The van der Waals surface area contributed by atoms with Crippen LogP contribution in [0.25, 0.3) is 0 Å². The van der Waals surface area contributed by atoms with Gasteiger partial charge in [-0.1, -0.05) is 6.07 Å². The summed E-state index contributed by atoms with van der Waals surface area (Å²) < 4.78 is 26.2. The zero-order valence-electron chi connectivity index (χ0n) is 18.0. The number of hydrogen-bond acceptors (Lipinski definition) is 11. The zero-order chi connectivity index (χ0) is 24.1. The van der Waals surface area contributed by atoms with Gasteiger partial charge in [0.25, 0.3) is 0 Å². The topological polar surface area (TPSA) is 147 Å². The fourth-order valence-electron chi connectivity index (χ4n) is 4.03. The van der Waals surface area contributed by atoms with Gasteiger partial charge in [-0.05, 0) is 32.3 Å². The monoisotopic (exact) mass is 466 g/mol. The number of phenols is 1. The maximum atomic E-state index is 14.4. The van der Waals surface area contributed by atoms with Crippen molar-refractivity contribution in [3.05, 3.63) is 53.5 Å². The van der Waals surface area contributed by atoms with Gasteiger partial charge in [0.05, 0.1) is 17.4 Å². The Labute approximate surface area is 192 Å². The minimum atomic E-state index is -1.55. The molecule has 0 fully saturated rings. The van der Waals surface area contributed by atoms with Crippen molar-refractivity contribution in [2.24, 2.45) is 0 Å². The highest BCUT2D eigenvalue weighted by Crippen LogP contribution is 2.59. The molecule has 0 spiro atoms. The molecule has 0 amide bonds. The van der Waals surface area contributed by atoms with Gasteiger partial charge in [0.2, 0.25) is 17.4 Å². The predicted molar refractivity (Wildman–Crippen MR) is 118 cm³/mol. The van der Waals surface area contributed by atoms with Crippen LogP contribution in [0.5, 0.6) is 17.2 Å². The molecule has 34 heavy (non-hydrogen) atoms. The van der Waals surface area contributed by atoms with E-state index in [9.17, 15) is 19.1 Å². The van der Waals surface area contributed by atoms with E-state index in [2.05, 4.69) is 31.2 Å². The van der Waals surface area contributed by atoms with Crippen molar-refractivity contribution in [2.75, 3.05) is 24.7 Å². The van der Waals surface area contributed by atoms with Crippen LogP contribution in [0.4, 0.5) is 27.5 Å². The number of phenolic OH excluding ortho intramolecular Hbond substituents is 1.